The Labute approximate surface area is 85.8 Å². The fraction of sp³-hybridized carbons (Fsp3) is 0.333. The van der Waals surface area contributed by atoms with Gasteiger partial charge in [-0.3, -0.25) is 0 Å². The molecule has 0 N–H and O–H groups in total. The summed E-state index contributed by atoms with van der Waals surface area (Å²) in [6, 6.07) is 5.75. The van der Waals surface area contributed by atoms with E-state index in [-0.39, 0.29) is 0 Å². The van der Waals surface area contributed by atoms with Crippen LogP contribution in [0.5, 0.6) is 5.75 Å². The first-order valence-electron chi connectivity index (χ1n) is 3.65. The van der Waals surface area contributed by atoms with Crippen molar-refractivity contribution in [3.63, 3.8) is 0 Å². The number of hydrogen-bond donors (Lipinski definition) is 0. The molecular formula is C9H10BrClO. The number of ether oxygens (including phenoxy) is 1. The Bertz CT molecular complexity index is 263. The summed E-state index contributed by atoms with van der Waals surface area (Å²) in [7, 11) is 1.64. The minimum atomic E-state index is 0.727. The second-order valence-corrected chi connectivity index (χ2v) is 3.67. The molecule has 12 heavy (non-hydrogen) atoms. The third-order valence-electron chi connectivity index (χ3n) is 1.55. The van der Waals surface area contributed by atoms with E-state index in [0.29, 0.717) is 0 Å². The van der Waals surface area contributed by atoms with E-state index in [9.17, 15) is 0 Å². The number of methoxy groups -OCH3 is 1. The molecule has 0 saturated heterocycles. The summed E-state index contributed by atoms with van der Waals surface area (Å²) in [4.78, 5) is 0. The van der Waals surface area contributed by atoms with Crippen molar-refractivity contribution in [3.05, 3.63) is 28.8 Å². The van der Waals surface area contributed by atoms with E-state index in [1.807, 2.05) is 12.1 Å². The lowest BCUT2D eigenvalue weighted by Gasteiger charge is -2.03. The second kappa shape index (κ2) is 4.73. The largest absolute Gasteiger partial charge is 0.497 e. The Balaban J connectivity index is 2.90. The van der Waals surface area contributed by atoms with Gasteiger partial charge in [-0.05, 0) is 30.2 Å². The van der Waals surface area contributed by atoms with Crippen LogP contribution in [0, 0.1) is 0 Å². The number of aryl methyl sites for hydroxylation is 1. The van der Waals surface area contributed by atoms with Gasteiger partial charge in [0, 0.05) is 10.4 Å². The van der Waals surface area contributed by atoms with Crippen LogP contribution in [0.4, 0.5) is 0 Å². The zero-order valence-electron chi connectivity index (χ0n) is 6.81. The lowest BCUT2D eigenvalue weighted by Crippen LogP contribution is -1.88. The van der Waals surface area contributed by atoms with Crippen LogP contribution in [0.25, 0.3) is 0 Å². The van der Waals surface area contributed by atoms with Gasteiger partial charge in [-0.15, -0.1) is 0 Å². The van der Waals surface area contributed by atoms with Crippen LogP contribution in [0.3, 0.4) is 0 Å². The Morgan fingerprint density at radius 3 is 2.75 bits per heavy atom. The Morgan fingerprint density at radius 1 is 1.42 bits per heavy atom. The molecule has 0 heterocycles. The highest BCUT2D eigenvalue weighted by Crippen LogP contribution is 2.21. The second-order valence-electron chi connectivity index (χ2n) is 2.44. The lowest BCUT2D eigenvalue weighted by atomic mass is 10.2. The van der Waals surface area contributed by atoms with Crippen LogP contribution in [0.2, 0.25) is 5.02 Å². The average Bonchev–Trinajstić information content (AvgIpc) is 2.04. The Hall–Kier alpha value is -0.210. The molecule has 1 nitrogen and oxygen atoms in total. The summed E-state index contributed by atoms with van der Waals surface area (Å²) in [6.45, 7) is 0. The first kappa shape index (κ1) is 9.87. The van der Waals surface area contributed by atoms with Crippen molar-refractivity contribution in [1.29, 1.82) is 0 Å². The zero-order chi connectivity index (χ0) is 8.97. The van der Waals surface area contributed by atoms with Crippen LogP contribution >= 0.6 is 27.5 Å². The maximum atomic E-state index is 5.87. The van der Waals surface area contributed by atoms with Crippen molar-refractivity contribution >= 4 is 27.5 Å². The van der Waals surface area contributed by atoms with Crippen molar-refractivity contribution < 1.29 is 4.74 Å². The summed E-state index contributed by atoms with van der Waals surface area (Å²) < 4.78 is 5.08. The molecule has 1 aromatic carbocycles. The molecule has 1 rings (SSSR count). The standard InChI is InChI=1S/C9H10BrClO/c1-12-9-5-7(2-3-10)4-8(11)6-9/h4-6H,2-3H2,1H3. The van der Waals surface area contributed by atoms with E-state index in [2.05, 4.69) is 15.9 Å². The topological polar surface area (TPSA) is 9.23 Å². The molecule has 1 aromatic rings. The zero-order valence-corrected chi connectivity index (χ0v) is 9.15. The third-order valence-corrected chi connectivity index (χ3v) is 2.16. The smallest absolute Gasteiger partial charge is 0.120 e. The third kappa shape index (κ3) is 2.68. The van der Waals surface area contributed by atoms with Crippen molar-refractivity contribution in [2.75, 3.05) is 12.4 Å². The first-order valence-corrected chi connectivity index (χ1v) is 5.15. The maximum absolute atomic E-state index is 5.87. The highest BCUT2D eigenvalue weighted by atomic mass is 79.9. The SMILES string of the molecule is COc1cc(Cl)cc(CCBr)c1. The van der Waals surface area contributed by atoms with Gasteiger partial charge < -0.3 is 4.74 Å². The van der Waals surface area contributed by atoms with Crippen molar-refractivity contribution in [3.8, 4) is 5.75 Å². The molecule has 0 aliphatic rings. The van der Waals surface area contributed by atoms with Crippen LogP contribution in [-0.2, 0) is 6.42 Å². The van der Waals surface area contributed by atoms with E-state index in [0.717, 1.165) is 22.5 Å². The monoisotopic (exact) mass is 248 g/mol. The summed E-state index contributed by atoms with van der Waals surface area (Å²) in [6.07, 6.45) is 0.969. The van der Waals surface area contributed by atoms with Gasteiger partial charge in [0.25, 0.3) is 0 Å². The van der Waals surface area contributed by atoms with Gasteiger partial charge in [0.15, 0.2) is 0 Å². The minimum absolute atomic E-state index is 0.727. The van der Waals surface area contributed by atoms with Crippen LogP contribution in [0.15, 0.2) is 18.2 Å². The molecule has 0 aromatic heterocycles. The molecule has 0 aliphatic heterocycles. The summed E-state index contributed by atoms with van der Waals surface area (Å²) in [5.41, 5.74) is 1.19. The predicted molar refractivity (Wildman–Crippen MR) is 55.5 cm³/mol. The molecule has 0 aliphatic carbocycles. The molecule has 0 unspecified atom stereocenters. The van der Waals surface area contributed by atoms with Gasteiger partial charge in [-0.1, -0.05) is 27.5 Å². The van der Waals surface area contributed by atoms with Crippen LogP contribution < -0.4 is 4.74 Å². The number of rotatable bonds is 3. The average molecular weight is 250 g/mol. The molecule has 0 amide bonds. The van der Waals surface area contributed by atoms with E-state index in [1.165, 1.54) is 5.56 Å². The van der Waals surface area contributed by atoms with Crippen molar-refractivity contribution in [2.24, 2.45) is 0 Å². The molecule has 0 radical (unpaired) electrons. The maximum Gasteiger partial charge on any atom is 0.120 e. The van der Waals surface area contributed by atoms with Gasteiger partial charge in [0.05, 0.1) is 7.11 Å². The molecule has 66 valence electrons. The summed E-state index contributed by atoms with van der Waals surface area (Å²) >= 11 is 9.24. The van der Waals surface area contributed by atoms with Gasteiger partial charge in [0.1, 0.15) is 5.75 Å². The normalized spacial score (nSPS) is 9.92. The van der Waals surface area contributed by atoms with Crippen LogP contribution in [-0.4, -0.2) is 12.4 Å². The molecule has 0 spiro atoms. The summed E-state index contributed by atoms with van der Waals surface area (Å²) in [5, 5.41) is 1.67. The fourth-order valence-corrected chi connectivity index (χ4v) is 1.70. The highest BCUT2D eigenvalue weighted by Gasteiger charge is 1.98. The van der Waals surface area contributed by atoms with Gasteiger partial charge in [-0.2, -0.15) is 0 Å². The molecular weight excluding hydrogens is 239 g/mol. The lowest BCUT2D eigenvalue weighted by molar-refractivity contribution is 0.414. The molecule has 0 saturated carbocycles. The first-order chi connectivity index (χ1) is 5.76. The molecule has 3 heteroatoms. The minimum Gasteiger partial charge on any atom is -0.497 e. The van der Waals surface area contributed by atoms with E-state index < -0.39 is 0 Å². The van der Waals surface area contributed by atoms with Gasteiger partial charge in [-0.25, -0.2) is 0 Å². The summed E-state index contributed by atoms with van der Waals surface area (Å²) in [5.74, 6) is 0.818. The fourth-order valence-electron chi connectivity index (χ4n) is 0.992. The van der Waals surface area contributed by atoms with Crippen molar-refractivity contribution in [1.82, 2.24) is 0 Å². The number of alkyl halides is 1. The molecule has 0 bridgehead atoms. The number of halogens is 2. The highest BCUT2D eigenvalue weighted by molar-refractivity contribution is 9.09. The van der Waals surface area contributed by atoms with Crippen LogP contribution in [0.1, 0.15) is 5.56 Å². The van der Waals surface area contributed by atoms with Gasteiger partial charge in [0.2, 0.25) is 0 Å². The predicted octanol–water partition coefficient (Wildman–Crippen LogP) is 3.29. The number of benzene rings is 1. The Morgan fingerprint density at radius 2 is 2.17 bits per heavy atom. The molecule has 0 atom stereocenters. The number of hydrogen-bond acceptors (Lipinski definition) is 1. The van der Waals surface area contributed by atoms with E-state index in [1.54, 1.807) is 13.2 Å². The van der Waals surface area contributed by atoms with Crippen molar-refractivity contribution in [2.45, 2.75) is 6.42 Å². The van der Waals surface area contributed by atoms with Gasteiger partial charge >= 0.3 is 0 Å². The Kier molecular flexibility index (Phi) is 3.89. The van der Waals surface area contributed by atoms with E-state index in [4.69, 9.17) is 16.3 Å². The quantitative estimate of drug-likeness (QED) is 0.747. The van der Waals surface area contributed by atoms with E-state index >= 15 is 0 Å². The molecule has 0 fully saturated rings.